The number of rotatable bonds is 8. The Balaban J connectivity index is 1.29. The highest BCUT2D eigenvalue weighted by Crippen LogP contribution is 2.31. The highest BCUT2D eigenvalue weighted by molar-refractivity contribution is 5.56. The van der Waals surface area contributed by atoms with E-state index in [0.717, 1.165) is 69.4 Å². The molecule has 6 nitrogen and oxygen atoms in total. The van der Waals surface area contributed by atoms with Gasteiger partial charge in [-0.2, -0.15) is 0 Å². The predicted molar refractivity (Wildman–Crippen MR) is 113 cm³/mol. The number of imidazole rings is 1. The van der Waals surface area contributed by atoms with E-state index >= 15 is 0 Å². The predicted octanol–water partition coefficient (Wildman–Crippen LogP) is 3.06. The first kappa shape index (κ1) is 20.4. The van der Waals surface area contributed by atoms with Crippen molar-refractivity contribution in [2.45, 2.75) is 32.2 Å². The van der Waals surface area contributed by atoms with Gasteiger partial charge in [-0.1, -0.05) is 0 Å². The largest absolute Gasteiger partial charge is 0.492 e. The van der Waals surface area contributed by atoms with Crippen LogP contribution in [0.4, 0.5) is 0 Å². The minimum Gasteiger partial charge on any atom is -0.492 e. The van der Waals surface area contributed by atoms with Gasteiger partial charge in [-0.25, -0.2) is 4.98 Å². The Labute approximate surface area is 173 Å². The molecule has 158 valence electrons. The van der Waals surface area contributed by atoms with Crippen LogP contribution < -0.4 is 4.74 Å². The fourth-order valence-electron chi connectivity index (χ4n) is 4.41. The summed E-state index contributed by atoms with van der Waals surface area (Å²) in [7, 11) is 0. The molecule has 0 radical (unpaired) electrons. The molecule has 1 aromatic carbocycles. The van der Waals surface area contributed by atoms with Gasteiger partial charge >= 0.3 is 0 Å². The zero-order chi connectivity index (χ0) is 19.9. The molecular weight excluding hydrogens is 366 g/mol. The zero-order valence-corrected chi connectivity index (χ0v) is 17.2. The van der Waals surface area contributed by atoms with E-state index in [-0.39, 0.29) is 0 Å². The first-order chi connectivity index (χ1) is 14.3. The number of ether oxygens (including phenoxy) is 2. The second-order valence-electron chi connectivity index (χ2n) is 8.30. The first-order valence-corrected chi connectivity index (χ1v) is 11.0. The Morgan fingerprint density at radius 2 is 1.76 bits per heavy atom. The Kier molecular flexibility index (Phi) is 7.19. The monoisotopic (exact) mass is 399 g/mol. The average Bonchev–Trinajstić information content (AvgIpc) is 3.24. The molecule has 1 N–H and O–H groups in total. The highest BCUT2D eigenvalue weighted by Gasteiger charge is 2.21. The molecule has 4 rings (SSSR count). The van der Waals surface area contributed by atoms with Gasteiger partial charge in [0, 0.05) is 50.7 Å². The normalized spacial score (nSPS) is 23.2. The Hall–Kier alpha value is -1.89. The lowest BCUT2D eigenvalue weighted by molar-refractivity contribution is 0.0322. The molecule has 2 heterocycles. The molecule has 1 aliphatic carbocycles. The quantitative estimate of drug-likeness (QED) is 0.739. The van der Waals surface area contributed by atoms with Gasteiger partial charge in [0.1, 0.15) is 18.2 Å². The number of aliphatic hydroxyl groups excluding tert-OH is 1. The molecule has 1 aromatic heterocycles. The van der Waals surface area contributed by atoms with Gasteiger partial charge in [0.25, 0.3) is 0 Å². The summed E-state index contributed by atoms with van der Waals surface area (Å²) in [6.45, 7) is 6.61. The molecule has 0 amide bonds. The summed E-state index contributed by atoms with van der Waals surface area (Å²) in [6.07, 6.45) is 8.64. The van der Waals surface area contributed by atoms with Gasteiger partial charge in [0.15, 0.2) is 0 Å². The summed E-state index contributed by atoms with van der Waals surface area (Å²) >= 11 is 0. The van der Waals surface area contributed by atoms with Gasteiger partial charge in [-0.05, 0) is 61.8 Å². The topological polar surface area (TPSA) is 59.8 Å². The van der Waals surface area contributed by atoms with E-state index in [2.05, 4.69) is 32.8 Å². The fraction of sp³-hybridized carbons (Fsp3) is 0.609. The number of aliphatic hydroxyl groups is 1. The number of hydrogen-bond acceptors (Lipinski definition) is 5. The molecule has 6 heteroatoms. The highest BCUT2D eigenvalue weighted by atomic mass is 16.5. The van der Waals surface area contributed by atoms with Crippen molar-refractivity contribution < 1.29 is 14.6 Å². The van der Waals surface area contributed by atoms with Crippen molar-refractivity contribution in [2.24, 2.45) is 11.8 Å². The van der Waals surface area contributed by atoms with Gasteiger partial charge in [0.05, 0.1) is 13.2 Å². The molecule has 2 aromatic rings. The maximum Gasteiger partial charge on any atom is 0.139 e. The lowest BCUT2D eigenvalue weighted by Crippen LogP contribution is -2.38. The second kappa shape index (κ2) is 10.2. The summed E-state index contributed by atoms with van der Waals surface area (Å²) in [5.41, 5.74) is 1.12. The van der Waals surface area contributed by atoms with Gasteiger partial charge < -0.3 is 19.1 Å². The van der Waals surface area contributed by atoms with Gasteiger partial charge in [-0.15, -0.1) is 0 Å². The summed E-state index contributed by atoms with van der Waals surface area (Å²) in [4.78, 5) is 6.98. The summed E-state index contributed by atoms with van der Waals surface area (Å²) in [5.74, 6) is 3.11. The van der Waals surface area contributed by atoms with E-state index in [4.69, 9.17) is 9.47 Å². The maximum absolute atomic E-state index is 9.34. The Morgan fingerprint density at radius 3 is 2.48 bits per heavy atom. The number of benzene rings is 1. The van der Waals surface area contributed by atoms with Crippen molar-refractivity contribution >= 4 is 0 Å². The van der Waals surface area contributed by atoms with Crippen LogP contribution in [-0.2, 0) is 11.3 Å². The number of aromatic nitrogens is 2. The molecule has 2 fully saturated rings. The minimum absolute atomic E-state index is 0.337. The second-order valence-corrected chi connectivity index (χ2v) is 8.30. The van der Waals surface area contributed by atoms with Crippen LogP contribution in [0.2, 0.25) is 0 Å². The lowest BCUT2D eigenvalue weighted by Gasteiger charge is -2.28. The lowest BCUT2D eigenvalue weighted by atomic mass is 9.82. The number of hydrogen-bond donors (Lipinski definition) is 1. The Bertz CT molecular complexity index is 732. The third-order valence-electron chi connectivity index (χ3n) is 6.29. The summed E-state index contributed by atoms with van der Waals surface area (Å²) in [5, 5.41) is 9.34. The molecule has 0 spiro atoms. The summed E-state index contributed by atoms with van der Waals surface area (Å²) in [6, 6.07) is 8.29. The van der Waals surface area contributed by atoms with Crippen LogP contribution in [0, 0.1) is 11.8 Å². The smallest absolute Gasteiger partial charge is 0.139 e. The number of nitrogens with zero attached hydrogens (tertiary/aromatic N) is 3. The molecule has 29 heavy (non-hydrogen) atoms. The van der Waals surface area contributed by atoms with Crippen molar-refractivity contribution in [2.75, 3.05) is 46.1 Å². The standard InChI is InChI=1S/C23H33N3O3/c27-18-20-3-1-19(2-4-20)17-26-10-9-24-23(26)21-5-7-22(8-6-21)29-16-13-25-11-14-28-15-12-25/h5-10,19-20,27H,1-4,11-18H2. The fourth-order valence-corrected chi connectivity index (χ4v) is 4.41. The Morgan fingerprint density at radius 1 is 1.03 bits per heavy atom. The maximum atomic E-state index is 9.34. The first-order valence-electron chi connectivity index (χ1n) is 11.0. The van der Waals surface area contributed by atoms with Crippen LogP contribution >= 0.6 is 0 Å². The van der Waals surface area contributed by atoms with Gasteiger partial charge in [0.2, 0.25) is 0 Å². The van der Waals surface area contributed by atoms with E-state index in [0.29, 0.717) is 25.0 Å². The zero-order valence-electron chi connectivity index (χ0n) is 17.2. The van der Waals surface area contributed by atoms with Crippen LogP contribution in [0.5, 0.6) is 5.75 Å². The van der Waals surface area contributed by atoms with Crippen LogP contribution in [-0.4, -0.2) is 65.6 Å². The SMILES string of the molecule is OCC1CCC(Cn2ccnc2-c2ccc(OCCN3CCOCC3)cc2)CC1. The van der Waals surface area contributed by atoms with Crippen molar-refractivity contribution in [1.29, 1.82) is 0 Å². The van der Waals surface area contributed by atoms with Crippen LogP contribution in [0.25, 0.3) is 11.4 Å². The van der Waals surface area contributed by atoms with Crippen molar-refractivity contribution in [1.82, 2.24) is 14.5 Å². The van der Waals surface area contributed by atoms with E-state index in [1.807, 2.05) is 18.3 Å². The molecule has 1 saturated heterocycles. The molecular formula is C23H33N3O3. The number of morpholine rings is 1. The molecule has 2 aliphatic rings. The molecule has 1 saturated carbocycles. The van der Waals surface area contributed by atoms with E-state index in [9.17, 15) is 5.11 Å². The molecule has 0 bridgehead atoms. The molecule has 0 atom stereocenters. The van der Waals surface area contributed by atoms with Crippen LogP contribution in [0.1, 0.15) is 25.7 Å². The van der Waals surface area contributed by atoms with E-state index < -0.39 is 0 Å². The molecule has 1 aliphatic heterocycles. The van der Waals surface area contributed by atoms with Crippen LogP contribution in [0.15, 0.2) is 36.7 Å². The third-order valence-corrected chi connectivity index (χ3v) is 6.29. The van der Waals surface area contributed by atoms with Gasteiger partial charge in [-0.3, -0.25) is 4.90 Å². The van der Waals surface area contributed by atoms with E-state index in [1.165, 1.54) is 12.8 Å². The summed E-state index contributed by atoms with van der Waals surface area (Å²) < 4.78 is 13.6. The van der Waals surface area contributed by atoms with Crippen molar-refractivity contribution in [3.05, 3.63) is 36.7 Å². The van der Waals surface area contributed by atoms with Crippen molar-refractivity contribution in [3.8, 4) is 17.1 Å². The third kappa shape index (κ3) is 5.59. The molecule has 0 unspecified atom stereocenters. The van der Waals surface area contributed by atoms with Crippen LogP contribution in [0.3, 0.4) is 0 Å². The minimum atomic E-state index is 0.337. The van der Waals surface area contributed by atoms with Crippen molar-refractivity contribution in [3.63, 3.8) is 0 Å². The van der Waals surface area contributed by atoms with E-state index in [1.54, 1.807) is 0 Å². The average molecular weight is 400 g/mol.